The van der Waals surface area contributed by atoms with Gasteiger partial charge < -0.3 is 14.8 Å². The number of hydrogen-bond acceptors (Lipinski definition) is 3. The number of aromatic carboxylic acids is 1. The molecule has 0 amide bonds. The number of aromatic nitrogens is 2. The molecule has 70 valence electrons. The summed E-state index contributed by atoms with van der Waals surface area (Å²) in [5.41, 5.74) is 0.0594. The van der Waals surface area contributed by atoms with Crippen molar-refractivity contribution in [2.75, 3.05) is 0 Å². The topological polar surface area (TPSA) is 75.3 Å². The Balaban J connectivity index is 2.33. The SMILES string of the molecule is O=C(O)c1cn2c(n1)CC(O)CC2. The van der Waals surface area contributed by atoms with Crippen molar-refractivity contribution < 1.29 is 15.0 Å². The number of aryl methyl sites for hydroxylation is 1. The lowest BCUT2D eigenvalue weighted by molar-refractivity contribution is 0.0690. The maximum Gasteiger partial charge on any atom is 0.356 e. The lowest BCUT2D eigenvalue weighted by Crippen LogP contribution is -2.22. The summed E-state index contributed by atoms with van der Waals surface area (Å²) < 4.78 is 1.79. The van der Waals surface area contributed by atoms with E-state index in [1.807, 2.05) is 0 Å². The Bertz CT molecular complexity index is 345. The molecule has 1 aromatic rings. The summed E-state index contributed by atoms with van der Waals surface area (Å²) in [6.07, 6.45) is 2.26. The van der Waals surface area contributed by atoms with Gasteiger partial charge in [0, 0.05) is 19.2 Å². The number of nitrogens with zero attached hydrogens (tertiary/aromatic N) is 2. The Kier molecular flexibility index (Phi) is 1.81. The molecule has 0 bridgehead atoms. The fourth-order valence-corrected chi connectivity index (χ4v) is 1.51. The second kappa shape index (κ2) is 2.85. The molecule has 2 N–H and O–H groups in total. The average Bonchev–Trinajstić information content (AvgIpc) is 2.46. The third-order valence-corrected chi connectivity index (χ3v) is 2.20. The van der Waals surface area contributed by atoms with Gasteiger partial charge in [-0.2, -0.15) is 0 Å². The van der Waals surface area contributed by atoms with Gasteiger partial charge in [0.1, 0.15) is 5.82 Å². The minimum absolute atomic E-state index is 0.0594. The normalized spacial score (nSPS) is 21.2. The second-order valence-corrected chi connectivity index (χ2v) is 3.19. The summed E-state index contributed by atoms with van der Waals surface area (Å²) in [5, 5.41) is 18.0. The van der Waals surface area contributed by atoms with E-state index in [-0.39, 0.29) is 11.8 Å². The van der Waals surface area contributed by atoms with E-state index in [0.29, 0.717) is 25.2 Å². The van der Waals surface area contributed by atoms with Crippen molar-refractivity contribution in [1.29, 1.82) is 0 Å². The largest absolute Gasteiger partial charge is 0.476 e. The highest BCUT2D eigenvalue weighted by Crippen LogP contribution is 2.14. The number of carboxylic acid groups (broad SMARTS) is 1. The van der Waals surface area contributed by atoms with Gasteiger partial charge >= 0.3 is 5.97 Å². The van der Waals surface area contributed by atoms with Crippen molar-refractivity contribution in [2.45, 2.75) is 25.5 Å². The lowest BCUT2D eigenvalue weighted by atomic mass is 10.1. The zero-order valence-electron chi connectivity index (χ0n) is 6.97. The predicted molar refractivity (Wildman–Crippen MR) is 43.5 cm³/mol. The molecule has 1 aliphatic heterocycles. The summed E-state index contributed by atoms with van der Waals surface area (Å²) in [6.45, 7) is 0.650. The van der Waals surface area contributed by atoms with Crippen molar-refractivity contribution in [3.8, 4) is 0 Å². The van der Waals surface area contributed by atoms with Crippen LogP contribution in [0.5, 0.6) is 0 Å². The second-order valence-electron chi connectivity index (χ2n) is 3.19. The Morgan fingerprint density at radius 1 is 1.69 bits per heavy atom. The van der Waals surface area contributed by atoms with Gasteiger partial charge in [-0.1, -0.05) is 0 Å². The first-order valence-corrected chi connectivity index (χ1v) is 4.14. The van der Waals surface area contributed by atoms with Crippen LogP contribution < -0.4 is 0 Å². The molecule has 1 aromatic heterocycles. The van der Waals surface area contributed by atoms with E-state index in [0.717, 1.165) is 0 Å². The first kappa shape index (κ1) is 8.25. The molecule has 1 aliphatic rings. The van der Waals surface area contributed by atoms with Crippen LogP contribution in [0.1, 0.15) is 22.7 Å². The first-order valence-electron chi connectivity index (χ1n) is 4.14. The van der Waals surface area contributed by atoms with Crippen molar-refractivity contribution in [1.82, 2.24) is 9.55 Å². The molecule has 5 heteroatoms. The molecule has 1 unspecified atom stereocenters. The van der Waals surface area contributed by atoms with Crippen molar-refractivity contribution in [3.63, 3.8) is 0 Å². The number of carbonyl (C=O) groups is 1. The number of rotatable bonds is 1. The Morgan fingerprint density at radius 3 is 3.15 bits per heavy atom. The molecular formula is C8H10N2O3. The molecule has 2 heterocycles. The van der Waals surface area contributed by atoms with Gasteiger partial charge in [-0.3, -0.25) is 0 Å². The molecule has 0 saturated carbocycles. The van der Waals surface area contributed by atoms with Crippen LogP contribution in [0.3, 0.4) is 0 Å². The summed E-state index contributed by atoms with van der Waals surface area (Å²) in [7, 11) is 0. The van der Waals surface area contributed by atoms with E-state index in [9.17, 15) is 9.90 Å². The first-order chi connectivity index (χ1) is 6.16. The minimum atomic E-state index is -1.02. The van der Waals surface area contributed by atoms with Gasteiger partial charge in [-0.05, 0) is 6.42 Å². The van der Waals surface area contributed by atoms with E-state index >= 15 is 0 Å². The number of aliphatic hydroxyl groups is 1. The average molecular weight is 182 g/mol. The van der Waals surface area contributed by atoms with Crippen LogP contribution in [0.4, 0.5) is 0 Å². The van der Waals surface area contributed by atoms with Gasteiger partial charge in [0.25, 0.3) is 0 Å². The van der Waals surface area contributed by atoms with E-state index in [4.69, 9.17) is 5.11 Å². The molecule has 13 heavy (non-hydrogen) atoms. The fourth-order valence-electron chi connectivity index (χ4n) is 1.51. The quantitative estimate of drug-likeness (QED) is 0.635. The minimum Gasteiger partial charge on any atom is -0.476 e. The maximum atomic E-state index is 10.6. The molecule has 1 atom stereocenters. The number of hydrogen-bond donors (Lipinski definition) is 2. The van der Waals surface area contributed by atoms with E-state index in [1.165, 1.54) is 6.20 Å². The summed E-state index contributed by atoms with van der Waals surface area (Å²) in [5.74, 6) is -0.354. The van der Waals surface area contributed by atoms with E-state index in [2.05, 4.69) is 4.98 Å². The van der Waals surface area contributed by atoms with Crippen LogP contribution in [-0.4, -0.2) is 31.8 Å². The van der Waals surface area contributed by atoms with Crippen molar-refractivity contribution >= 4 is 5.97 Å². The zero-order valence-corrected chi connectivity index (χ0v) is 6.97. The van der Waals surface area contributed by atoms with E-state index in [1.54, 1.807) is 4.57 Å². The number of carboxylic acids is 1. The molecule has 0 spiro atoms. The summed E-state index contributed by atoms with van der Waals surface area (Å²) in [4.78, 5) is 14.5. The van der Waals surface area contributed by atoms with Crippen LogP contribution >= 0.6 is 0 Å². The van der Waals surface area contributed by atoms with Crippen LogP contribution in [0, 0.1) is 0 Å². The van der Waals surface area contributed by atoms with Gasteiger partial charge in [-0.25, -0.2) is 9.78 Å². The van der Waals surface area contributed by atoms with Gasteiger partial charge in [-0.15, -0.1) is 0 Å². The van der Waals surface area contributed by atoms with Crippen molar-refractivity contribution in [3.05, 3.63) is 17.7 Å². The van der Waals surface area contributed by atoms with Crippen LogP contribution in [0.2, 0.25) is 0 Å². The smallest absolute Gasteiger partial charge is 0.356 e. The Labute approximate surface area is 74.6 Å². The molecule has 0 aliphatic carbocycles. The van der Waals surface area contributed by atoms with E-state index < -0.39 is 5.97 Å². The van der Waals surface area contributed by atoms with Crippen LogP contribution in [-0.2, 0) is 13.0 Å². The van der Waals surface area contributed by atoms with Crippen LogP contribution in [0.15, 0.2) is 6.20 Å². The highest BCUT2D eigenvalue weighted by Gasteiger charge is 2.20. The molecule has 2 rings (SSSR count). The van der Waals surface area contributed by atoms with Crippen LogP contribution in [0.25, 0.3) is 0 Å². The fraction of sp³-hybridized carbons (Fsp3) is 0.500. The highest BCUT2D eigenvalue weighted by atomic mass is 16.4. The molecule has 0 fully saturated rings. The standard InChI is InChI=1S/C8H10N2O3/c11-5-1-2-10-4-6(8(12)13)9-7(10)3-5/h4-5,11H,1-3H2,(H,12,13). The van der Waals surface area contributed by atoms with Gasteiger partial charge in [0.2, 0.25) is 0 Å². The third-order valence-electron chi connectivity index (χ3n) is 2.20. The molecule has 0 saturated heterocycles. The van der Waals surface area contributed by atoms with Gasteiger partial charge in [0.15, 0.2) is 5.69 Å². The molecule has 5 nitrogen and oxygen atoms in total. The monoisotopic (exact) mass is 182 g/mol. The number of imidazole rings is 1. The zero-order chi connectivity index (χ0) is 9.42. The molecular weight excluding hydrogens is 172 g/mol. The Morgan fingerprint density at radius 2 is 2.46 bits per heavy atom. The molecule has 0 radical (unpaired) electrons. The predicted octanol–water partition coefficient (Wildman–Crippen LogP) is -0.112. The van der Waals surface area contributed by atoms with Crippen molar-refractivity contribution in [2.24, 2.45) is 0 Å². The Hall–Kier alpha value is -1.36. The summed E-state index contributed by atoms with van der Waals surface area (Å²) in [6, 6.07) is 0. The number of fused-ring (bicyclic) bond motifs is 1. The highest BCUT2D eigenvalue weighted by molar-refractivity contribution is 5.85. The van der Waals surface area contributed by atoms with Gasteiger partial charge in [0.05, 0.1) is 6.10 Å². The third kappa shape index (κ3) is 1.42. The lowest BCUT2D eigenvalue weighted by Gasteiger charge is -2.17. The number of aliphatic hydroxyl groups excluding tert-OH is 1. The summed E-state index contributed by atoms with van der Waals surface area (Å²) >= 11 is 0. The molecule has 0 aromatic carbocycles. The maximum absolute atomic E-state index is 10.6.